The van der Waals surface area contributed by atoms with Gasteiger partial charge in [-0.2, -0.15) is 9.36 Å². The van der Waals surface area contributed by atoms with E-state index in [1.807, 2.05) is 6.08 Å². The predicted molar refractivity (Wildman–Crippen MR) is 133 cm³/mol. The Morgan fingerprint density at radius 3 is 2.86 bits per heavy atom. The van der Waals surface area contributed by atoms with E-state index in [0.717, 1.165) is 30.9 Å². The number of aliphatic hydroxyl groups is 1. The molecule has 1 aromatic heterocycles. The molecule has 2 fully saturated rings. The van der Waals surface area contributed by atoms with E-state index in [4.69, 9.17) is 10.6 Å². The molecule has 4 rings (SSSR count). The summed E-state index contributed by atoms with van der Waals surface area (Å²) in [5.41, 5.74) is 5.78. The lowest BCUT2D eigenvalue weighted by molar-refractivity contribution is -0.916. The maximum absolute atomic E-state index is 13.0. The smallest absolute Gasteiger partial charge is 0.352 e. The van der Waals surface area contributed by atoms with Crippen LogP contribution in [0.15, 0.2) is 28.6 Å². The molecule has 0 spiro atoms. The summed E-state index contributed by atoms with van der Waals surface area (Å²) in [5.74, 6) is -2.16. The topological polar surface area (TPSA) is 180 Å². The number of likely N-dealkylation sites (N-methyl/N-ethyl adjacent to an activating group) is 1. The molecule has 13 nitrogen and oxygen atoms in total. The summed E-state index contributed by atoms with van der Waals surface area (Å²) < 4.78 is 4.64. The molecule has 3 aliphatic rings. The zero-order valence-electron chi connectivity index (χ0n) is 19.8. The number of amides is 2. The summed E-state index contributed by atoms with van der Waals surface area (Å²) in [6.45, 7) is 1.71. The first-order valence-electron chi connectivity index (χ1n) is 11.2. The number of thioether (sulfide) groups is 1. The minimum Gasteiger partial charge on any atom is -0.477 e. The van der Waals surface area contributed by atoms with Crippen molar-refractivity contribution in [1.82, 2.24) is 19.6 Å². The molecule has 4 atom stereocenters. The van der Waals surface area contributed by atoms with Crippen molar-refractivity contribution >= 4 is 51.9 Å². The average molecular weight is 539 g/mol. The van der Waals surface area contributed by atoms with E-state index in [2.05, 4.69) is 26.9 Å². The molecule has 5 N–H and O–H groups in total. The van der Waals surface area contributed by atoms with Crippen molar-refractivity contribution in [2.75, 3.05) is 45.3 Å². The number of aliphatic carboxylic acids is 1. The van der Waals surface area contributed by atoms with Gasteiger partial charge < -0.3 is 30.6 Å². The first-order valence-corrected chi connectivity index (χ1v) is 13.1. The van der Waals surface area contributed by atoms with Crippen LogP contribution in [-0.4, -0.2) is 110 Å². The summed E-state index contributed by atoms with van der Waals surface area (Å²) >= 11 is 2.24. The number of nitrogens with one attached hydrogen (secondary N) is 1. The second kappa shape index (κ2) is 10.5. The second-order valence-electron chi connectivity index (χ2n) is 8.89. The van der Waals surface area contributed by atoms with Crippen molar-refractivity contribution in [2.24, 2.45) is 5.16 Å². The molecule has 15 heteroatoms. The Morgan fingerprint density at radius 2 is 2.22 bits per heavy atom. The lowest BCUT2D eigenvalue weighted by Crippen LogP contribution is -2.71. The number of likely N-dealkylation sites (tertiary alicyclic amines) is 1. The molecular weight excluding hydrogens is 510 g/mol. The van der Waals surface area contributed by atoms with Crippen molar-refractivity contribution in [3.63, 3.8) is 0 Å². The second-order valence-corrected chi connectivity index (χ2v) is 10.8. The highest BCUT2D eigenvalue weighted by Gasteiger charge is 2.54. The van der Waals surface area contributed by atoms with Crippen LogP contribution in [0.3, 0.4) is 0 Å². The number of aromatic nitrogens is 2. The highest BCUT2D eigenvalue weighted by atomic mass is 32.2. The third kappa shape index (κ3) is 4.83. The number of rotatable bonds is 9. The van der Waals surface area contributed by atoms with Gasteiger partial charge in [-0.25, -0.2) is 4.79 Å². The third-order valence-corrected chi connectivity index (χ3v) is 8.52. The molecule has 194 valence electrons. The zero-order valence-corrected chi connectivity index (χ0v) is 21.4. The van der Waals surface area contributed by atoms with Crippen molar-refractivity contribution in [1.29, 1.82) is 0 Å². The lowest BCUT2D eigenvalue weighted by atomic mass is 10.0. The van der Waals surface area contributed by atoms with Gasteiger partial charge in [-0.05, 0) is 11.6 Å². The number of anilines is 1. The van der Waals surface area contributed by atoms with E-state index in [1.54, 1.807) is 6.08 Å². The quantitative estimate of drug-likeness (QED) is 0.137. The first-order chi connectivity index (χ1) is 17.2. The summed E-state index contributed by atoms with van der Waals surface area (Å²) in [6.07, 6.45) is 5.66. The van der Waals surface area contributed by atoms with Crippen molar-refractivity contribution < 1.29 is 33.9 Å². The van der Waals surface area contributed by atoms with Gasteiger partial charge in [-0.1, -0.05) is 11.2 Å². The number of β-lactam (4-membered cyclic amide) rings is 1. The van der Waals surface area contributed by atoms with E-state index in [9.17, 15) is 24.6 Å². The number of nitrogens with two attached hydrogens (primary N) is 1. The number of nitrogen functional groups attached to an aromatic ring is 1. The number of oxime groups is 1. The largest absolute Gasteiger partial charge is 0.477 e. The minimum atomic E-state index is -1.21. The predicted octanol–water partition coefficient (Wildman–Crippen LogP) is -0.633. The molecule has 2 amide bonds. The molecule has 2 saturated heterocycles. The summed E-state index contributed by atoms with van der Waals surface area (Å²) in [5, 5.41) is 25.3. The Morgan fingerprint density at radius 1 is 1.44 bits per heavy atom. The van der Waals surface area contributed by atoms with E-state index in [1.165, 1.54) is 23.8 Å². The zero-order chi connectivity index (χ0) is 26.0. The molecule has 4 heterocycles. The number of carbonyl (C=O) groups excluding carboxylic acids is 2. The number of aliphatic hydroxyl groups excluding tert-OH is 1. The fourth-order valence-electron chi connectivity index (χ4n) is 4.73. The number of carbonyl (C=O) groups is 3. The van der Waals surface area contributed by atoms with E-state index < -0.39 is 29.2 Å². The van der Waals surface area contributed by atoms with Crippen LogP contribution in [0.25, 0.3) is 0 Å². The summed E-state index contributed by atoms with van der Waals surface area (Å²) in [7, 11) is 3.34. The highest BCUT2D eigenvalue weighted by molar-refractivity contribution is 8.00. The van der Waals surface area contributed by atoms with Crippen LogP contribution in [-0.2, 0) is 19.2 Å². The monoisotopic (exact) mass is 538 g/mol. The van der Waals surface area contributed by atoms with Gasteiger partial charge >= 0.3 is 5.97 Å². The Hall–Kier alpha value is -3.01. The minimum absolute atomic E-state index is 0.0341. The van der Waals surface area contributed by atoms with Crippen LogP contribution in [0, 0.1) is 0 Å². The van der Waals surface area contributed by atoms with Crippen molar-refractivity contribution in [3.05, 3.63) is 29.2 Å². The van der Waals surface area contributed by atoms with Gasteiger partial charge in [0.05, 0.1) is 26.7 Å². The maximum atomic E-state index is 13.0. The van der Waals surface area contributed by atoms with E-state index >= 15 is 0 Å². The van der Waals surface area contributed by atoms with Crippen LogP contribution in [0.4, 0.5) is 5.13 Å². The molecule has 0 aliphatic carbocycles. The summed E-state index contributed by atoms with van der Waals surface area (Å²) in [4.78, 5) is 47.7. The SMILES string of the molecule is CON=C(C(=O)N[C@@H]1C(=O)N2C(C(=O)O)=C(C=CC[N+]3(C)CCC[C@H]3CO)CS[C@@H]12)c1nsc(N)n1. The van der Waals surface area contributed by atoms with Crippen LogP contribution >= 0.6 is 23.3 Å². The fourth-order valence-corrected chi connectivity index (χ4v) is 6.49. The van der Waals surface area contributed by atoms with Crippen molar-refractivity contribution in [3.8, 4) is 0 Å². The van der Waals surface area contributed by atoms with Crippen LogP contribution in [0.1, 0.15) is 18.7 Å². The van der Waals surface area contributed by atoms with Crippen LogP contribution in [0.2, 0.25) is 0 Å². The molecule has 1 unspecified atom stereocenters. The first kappa shape index (κ1) is 26.1. The molecule has 0 aromatic carbocycles. The number of fused-ring (bicyclic) bond motifs is 1. The van der Waals surface area contributed by atoms with Gasteiger partial charge in [0, 0.05) is 30.1 Å². The van der Waals surface area contributed by atoms with Gasteiger partial charge in [0.2, 0.25) is 11.5 Å². The summed E-state index contributed by atoms with van der Waals surface area (Å²) in [6, 6.07) is -0.781. The molecule has 3 aliphatic heterocycles. The lowest BCUT2D eigenvalue weighted by Gasteiger charge is -2.49. The average Bonchev–Trinajstić information content (AvgIpc) is 3.45. The number of nitrogens with zero attached hydrogens (tertiary/aromatic N) is 5. The maximum Gasteiger partial charge on any atom is 0.352 e. The highest BCUT2D eigenvalue weighted by Crippen LogP contribution is 2.40. The molecule has 1 aromatic rings. The number of hydrogen-bond donors (Lipinski definition) is 4. The number of allylic oxidation sites excluding steroid dienone is 1. The van der Waals surface area contributed by atoms with Gasteiger partial charge in [-0.15, -0.1) is 11.8 Å². The van der Waals surface area contributed by atoms with Gasteiger partial charge in [-0.3, -0.25) is 14.5 Å². The van der Waals surface area contributed by atoms with Crippen LogP contribution < -0.4 is 11.1 Å². The molecular formula is C21H28N7O6S2+. The van der Waals surface area contributed by atoms with Gasteiger partial charge in [0.15, 0.2) is 5.13 Å². The standard InChI is InChI=1S/C21H27N7O6S2/c1-28(8-4-6-12(28)9-29)7-3-5-11-10-35-19-14(18(31)27(19)15(11)20(32)33)23-17(30)13(25-34-2)16-24-21(22)36-26-16/h3,5,12,14,19,29H,4,6-10H2,1-2H3,(H3-,22,23,24,26,30,32,33)/p+1/t12-,14+,19-,28?/m0/s1. The molecule has 0 bridgehead atoms. The van der Waals surface area contributed by atoms with Crippen LogP contribution in [0.5, 0.6) is 0 Å². The normalized spacial score (nSPS) is 28.3. The van der Waals surface area contributed by atoms with E-state index in [-0.39, 0.29) is 35.0 Å². The number of hydrogen-bond acceptors (Lipinski definition) is 11. The van der Waals surface area contributed by atoms with E-state index in [0.29, 0.717) is 22.4 Å². The number of quaternary nitrogens is 1. The number of carboxylic acids is 1. The van der Waals surface area contributed by atoms with Gasteiger partial charge in [0.25, 0.3) is 11.8 Å². The fraction of sp³-hybridized carbons (Fsp3) is 0.524. The van der Waals surface area contributed by atoms with Gasteiger partial charge in [0.1, 0.15) is 30.3 Å². The molecule has 0 radical (unpaired) electrons. The Bertz CT molecular complexity index is 1150. The molecule has 0 saturated carbocycles. The Labute approximate surface area is 215 Å². The van der Waals surface area contributed by atoms with Crippen molar-refractivity contribution in [2.45, 2.75) is 30.3 Å². The Kier molecular flexibility index (Phi) is 7.63. The molecule has 36 heavy (non-hydrogen) atoms. The number of carboxylic acid groups (broad SMARTS) is 1. The third-order valence-electron chi connectivity index (χ3n) is 6.68. The Balaban J connectivity index is 1.48.